The van der Waals surface area contributed by atoms with Crippen LogP contribution in [0.4, 0.5) is 13.2 Å². The number of halogens is 4. The van der Waals surface area contributed by atoms with Crippen LogP contribution in [-0.2, 0) is 22.4 Å². The maximum absolute atomic E-state index is 13.9. The molecule has 210 valence electrons. The van der Waals surface area contributed by atoms with Gasteiger partial charge in [-0.15, -0.1) is 0 Å². The highest BCUT2D eigenvalue weighted by atomic mass is 35.5. The van der Waals surface area contributed by atoms with E-state index in [2.05, 4.69) is 4.98 Å². The topological polar surface area (TPSA) is 67.3 Å². The van der Waals surface area contributed by atoms with Crippen molar-refractivity contribution in [1.82, 2.24) is 4.98 Å². The Morgan fingerprint density at radius 2 is 1.54 bits per heavy atom. The summed E-state index contributed by atoms with van der Waals surface area (Å²) in [4.78, 5) is 4.25. The molecule has 1 aromatic heterocycles. The molecule has 0 fully saturated rings. The molecular weight excluding hydrogens is 571 g/mol. The molecule has 0 aliphatic heterocycles. The standard InChI is InChI=1S/C32H25ClF3NO3S/c33-28-19-23(13-14-29(28)41(39,40)16-6-15-38)22-9-4-10-24(18-22)30-25(17-21-7-2-1-3-8-21)20-37-31-26(30)11-5-12-27(31)32(34,35)36/h1-5,7-14,18-20,38H,6,15-17H2. The van der Waals surface area contributed by atoms with Gasteiger partial charge in [-0.05, 0) is 70.5 Å². The highest BCUT2D eigenvalue weighted by Gasteiger charge is 2.33. The summed E-state index contributed by atoms with van der Waals surface area (Å²) in [6.45, 7) is -0.248. The van der Waals surface area contributed by atoms with Crippen LogP contribution in [0.25, 0.3) is 33.2 Å². The molecule has 0 bridgehead atoms. The van der Waals surface area contributed by atoms with Gasteiger partial charge in [0.05, 0.1) is 26.8 Å². The molecule has 0 amide bonds. The summed E-state index contributed by atoms with van der Waals surface area (Å²) in [7, 11) is -3.67. The first-order valence-electron chi connectivity index (χ1n) is 12.8. The van der Waals surface area contributed by atoms with Crippen LogP contribution in [0.2, 0.25) is 5.02 Å². The van der Waals surface area contributed by atoms with Gasteiger partial charge in [0.2, 0.25) is 0 Å². The maximum Gasteiger partial charge on any atom is 0.418 e. The lowest BCUT2D eigenvalue weighted by Crippen LogP contribution is -2.08. The normalized spacial score (nSPS) is 12.1. The minimum atomic E-state index is -4.57. The molecule has 0 atom stereocenters. The summed E-state index contributed by atoms with van der Waals surface area (Å²) in [5, 5.41) is 9.46. The number of pyridine rings is 1. The Morgan fingerprint density at radius 1 is 0.829 bits per heavy atom. The zero-order valence-electron chi connectivity index (χ0n) is 21.7. The Bertz CT molecular complexity index is 1820. The number of aromatic nitrogens is 1. The average Bonchev–Trinajstić information content (AvgIpc) is 2.95. The molecule has 0 aliphatic carbocycles. The fraction of sp³-hybridized carbons (Fsp3) is 0.156. The van der Waals surface area contributed by atoms with E-state index in [1.165, 1.54) is 18.3 Å². The van der Waals surface area contributed by atoms with Crippen LogP contribution in [-0.4, -0.2) is 30.9 Å². The quantitative estimate of drug-likeness (QED) is 0.197. The average molecular weight is 596 g/mol. The van der Waals surface area contributed by atoms with Crippen LogP contribution in [0.3, 0.4) is 0 Å². The molecule has 1 heterocycles. The minimum absolute atomic E-state index is 0.0162. The van der Waals surface area contributed by atoms with Crippen LogP contribution in [0.5, 0.6) is 0 Å². The Morgan fingerprint density at radius 3 is 2.24 bits per heavy atom. The largest absolute Gasteiger partial charge is 0.418 e. The lowest BCUT2D eigenvalue weighted by atomic mass is 9.90. The van der Waals surface area contributed by atoms with Crippen LogP contribution in [0, 0.1) is 0 Å². The van der Waals surface area contributed by atoms with Crippen molar-refractivity contribution in [2.45, 2.75) is 23.9 Å². The van der Waals surface area contributed by atoms with Crippen molar-refractivity contribution in [3.8, 4) is 22.3 Å². The van der Waals surface area contributed by atoms with Crippen molar-refractivity contribution >= 4 is 32.3 Å². The van der Waals surface area contributed by atoms with Crippen LogP contribution in [0.1, 0.15) is 23.1 Å². The van der Waals surface area contributed by atoms with Crippen molar-refractivity contribution in [3.63, 3.8) is 0 Å². The maximum atomic E-state index is 13.9. The van der Waals surface area contributed by atoms with Crippen molar-refractivity contribution in [2.75, 3.05) is 12.4 Å². The number of fused-ring (bicyclic) bond motifs is 1. The van der Waals surface area contributed by atoms with Gasteiger partial charge in [-0.3, -0.25) is 4.98 Å². The molecule has 4 nitrogen and oxygen atoms in total. The van der Waals surface area contributed by atoms with Crippen molar-refractivity contribution in [2.24, 2.45) is 0 Å². The Balaban J connectivity index is 1.65. The van der Waals surface area contributed by atoms with Crippen LogP contribution >= 0.6 is 11.6 Å². The fourth-order valence-electron chi connectivity index (χ4n) is 4.94. The van der Waals surface area contributed by atoms with E-state index in [1.807, 2.05) is 48.5 Å². The van der Waals surface area contributed by atoms with Gasteiger partial charge in [0.1, 0.15) is 0 Å². The highest BCUT2D eigenvalue weighted by Crippen LogP contribution is 2.40. The second-order valence-electron chi connectivity index (χ2n) is 9.64. The van der Waals surface area contributed by atoms with Gasteiger partial charge in [-0.2, -0.15) is 13.2 Å². The molecule has 5 rings (SSSR count). The Kier molecular flexibility index (Phi) is 8.18. The lowest BCUT2D eigenvalue weighted by Gasteiger charge is -2.17. The molecule has 1 N–H and O–H groups in total. The zero-order valence-corrected chi connectivity index (χ0v) is 23.3. The number of aliphatic hydroxyl groups is 1. The van der Waals surface area contributed by atoms with Gasteiger partial charge in [0.15, 0.2) is 9.84 Å². The number of alkyl halides is 3. The van der Waals surface area contributed by atoms with Crippen LogP contribution in [0.15, 0.2) is 102 Å². The number of hydrogen-bond donors (Lipinski definition) is 1. The van der Waals surface area contributed by atoms with E-state index in [-0.39, 0.29) is 34.2 Å². The van der Waals surface area contributed by atoms with E-state index >= 15 is 0 Å². The lowest BCUT2D eigenvalue weighted by molar-refractivity contribution is -0.136. The number of sulfone groups is 1. The van der Waals surface area contributed by atoms with E-state index in [0.717, 1.165) is 17.2 Å². The summed E-state index contributed by atoms with van der Waals surface area (Å²) in [5.74, 6) is -0.225. The van der Waals surface area contributed by atoms with Crippen LogP contribution < -0.4 is 0 Å². The molecule has 5 aromatic rings. The molecule has 9 heteroatoms. The second-order valence-corrected chi connectivity index (χ2v) is 12.1. The monoisotopic (exact) mass is 595 g/mol. The van der Waals surface area contributed by atoms with Gasteiger partial charge in [0, 0.05) is 18.2 Å². The molecule has 0 radical (unpaired) electrons. The summed E-state index contributed by atoms with van der Waals surface area (Å²) in [6.07, 6.45) is -2.49. The van der Waals surface area contributed by atoms with E-state index < -0.39 is 21.6 Å². The molecule has 0 saturated carbocycles. The zero-order chi connectivity index (χ0) is 29.2. The molecule has 0 aliphatic rings. The summed E-state index contributed by atoms with van der Waals surface area (Å²) >= 11 is 6.40. The first-order chi connectivity index (χ1) is 19.6. The van der Waals surface area contributed by atoms with Gasteiger partial charge in [0.25, 0.3) is 0 Å². The van der Waals surface area contributed by atoms with Crippen molar-refractivity contribution < 1.29 is 26.7 Å². The summed E-state index contributed by atoms with van der Waals surface area (Å²) < 4.78 is 67.0. The minimum Gasteiger partial charge on any atom is -0.396 e. The Hall–Kier alpha value is -3.72. The van der Waals surface area contributed by atoms with E-state index in [9.17, 15) is 21.6 Å². The smallest absolute Gasteiger partial charge is 0.396 e. The first-order valence-corrected chi connectivity index (χ1v) is 14.9. The third-order valence-electron chi connectivity index (χ3n) is 6.84. The highest BCUT2D eigenvalue weighted by molar-refractivity contribution is 7.91. The number of nitrogens with zero attached hydrogens (tertiary/aromatic N) is 1. The fourth-order valence-corrected chi connectivity index (χ4v) is 6.83. The summed E-state index contributed by atoms with van der Waals surface area (Å²) in [5.41, 5.74) is 3.52. The number of benzene rings is 4. The molecule has 0 unspecified atom stereocenters. The molecule has 0 spiro atoms. The third-order valence-corrected chi connectivity index (χ3v) is 9.12. The van der Waals surface area contributed by atoms with Crippen molar-refractivity contribution in [1.29, 1.82) is 0 Å². The van der Waals surface area contributed by atoms with Gasteiger partial charge in [-0.25, -0.2) is 8.42 Å². The molecule has 41 heavy (non-hydrogen) atoms. The molecule has 0 saturated heterocycles. The summed E-state index contributed by atoms with van der Waals surface area (Å²) in [6, 6.07) is 25.7. The van der Waals surface area contributed by atoms with E-state index in [4.69, 9.17) is 16.7 Å². The number of para-hydroxylation sites is 1. The number of rotatable bonds is 8. The SMILES string of the molecule is O=S(=O)(CCCO)c1ccc(-c2cccc(-c3c(Cc4ccccc4)cnc4c(C(F)(F)F)cccc34)c2)cc1Cl. The first kappa shape index (κ1) is 28.8. The number of hydrogen-bond acceptors (Lipinski definition) is 4. The van der Waals surface area contributed by atoms with Gasteiger partial charge < -0.3 is 5.11 Å². The number of aliphatic hydroxyl groups excluding tert-OH is 1. The predicted molar refractivity (Wildman–Crippen MR) is 156 cm³/mol. The van der Waals surface area contributed by atoms with E-state index in [0.29, 0.717) is 34.1 Å². The second kappa shape index (κ2) is 11.6. The van der Waals surface area contributed by atoms with Gasteiger partial charge in [-0.1, -0.05) is 78.3 Å². The Labute approximate surface area is 241 Å². The van der Waals surface area contributed by atoms with E-state index in [1.54, 1.807) is 24.3 Å². The molecular formula is C32H25ClF3NO3S. The van der Waals surface area contributed by atoms with Gasteiger partial charge >= 0.3 is 6.18 Å². The third kappa shape index (κ3) is 6.15. The predicted octanol–water partition coefficient (Wildman–Crippen LogP) is 7.99. The molecule has 4 aromatic carbocycles. The van der Waals surface area contributed by atoms with Crippen molar-refractivity contribution in [3.05, 3.63) is 119 Å².